The van der Waals surface area contributed by atoms with Gasteiger partial charge in [0, 0.05) is 38.1 Å². The summed E-state index contributed by atoms with van der Waals surface area (Å²) in [6.45, 7) is 18.4. The molecule has 728 valence electrons. The van der Waals surface area contributed by atoms with E-state index >= 15 is 0 Å². The number of hydrogen-bond acceptors (Lipinski definition) is 26. The summed E-state index contributed by atoms with van der Waals surface area (Å²) >= 11 is 5.26. The fourth-order valence-corrected chi connectivity index (χ4v) is 14.4. The molecule has 1 aliphatic heterocycles. The Morgan fingerprint density at radius 2 is 0.908 bits per heavy atom. The summed E-state index contributed by atoms with van der Waals surface area (Å²) in [6, 6.07) is -12.3. The Morgan fingerprint density at radius 3 is 1.37 bits per heavy atom. The number of primary amides is 1. The van der Waals surface area contributed by atoms with Crippen LogP contribution in [0.25, 0.3) is 0 Å². The number of thioether (sulfide) groups is 1. The van der Waals surface area contributed by atoms with Gasteiger partial charge in [-0.25, -0.2) is 4.79 Å². The quantitative estimate of drug-likeness (QED) is 0.0129. The van der Waals surface area contributed by atoms with Gasteiger partial charge in [-0.1, -0.05) is 99.9 Å². The van der Waals surface area contributed by atoms with Crippen LogP contribution in [0.5, 0.6) is 11.5 Å². The number of aliphatic imine (C=N–C) groups is 1. The van der Waals surface area contributed by atoms with Gasteiger partial charge in [0.15, 0.2) is 5.96 Å². The number of carboxylic acids is 1. The molecule has 0 unspecified atom stereocenters. The number of likely N-dealkylation sites (tertiary alicyclic amines) is 1. The number of carbonyl (C=O) groups is 17. The van der Waals surface area contributed by atoms with Crippen molar-refractivity contribution in [1.82, 2.24) is 79.3 Å². The standard InChI is InChI=1S/C85H139N21O22S2/c1-14-46(10)67(104-70(113)53(87)19-17-34-91-85(89)90)82(125)98-59(39-50-24-28-52(110)29-25-50)75(118)99-60(40-107)77(120)97-58(38-49-22-26-51(109)27-23-49)74(117)93-55(30-31-63(88)111)73(116)94-56(32-36-130-13)71(114)92-47(11)69(112)96-57(37-42(2)3)76(119)105-68(48(12)108)83(126)106-35-18-21-62(106)78(121)101-65(44(6)7)80(123)103-66(45(8)9)81(124)102-64(43(4)5)79(122)95-54(20-15-16-33-86)72(115)100-61(41-129)84(127)128/h22-29,42-48,53-62,64-68,107-110,129H,14-21,30-41,86-87H2,1-13H3,(H2,88,111)(H,92,114)(H,93,117)(H,94,116)(H,95,122)(H,96,112)(H,97,120)(H,98,125)(H,99,118)(H,100,115)(H,101,121)(H,102,124)(H,103,123)(H,104,113)(H,105,119)(H,127,128)(H4,89,90,91)/t46-,47-,48+,53-,54-,55-,56-,57-,58-,59-,60-,61-,62-,64-,65-,66-,67-,68-/m0/s1. The van der Waals surface area contributed by atoms with Crippen LogP contribution in [0.1, 0.15) is 171 Å². The molecule has 3 rings (SSSR count). The zero-order valence-corrected chi connectivity index (χ0v) is 78.0. The van der Waals surface area contributed by atoms with E-state index in [-0.39, 0.29) is 99.5 Å². The van der Waals surface area contributed by atoms with Gasteiger partial charge in [-0.05, 0) is 162 Å². The number of guanidine groups is 1. The Labute approximate surface area is 767 Å². The molecule has 1 saturated heterocycles. The molecular weight excluding hydrogens is 1730 g/mol. The predicted octanol–water partition coefficient (Wildman–Crippen LogP) is -4.34. The molecule has 0 radical (unpaired) electrons. The number of phenols is 2. The zero-order valence-electron chi connectivity index (χ0n) is 76.3. The number of carboxylic acid groups (broad SMARTS) is 1. The first-order valence-corrected chi connectivity index (χ1v) is 45.7. The van der Waals surface area contributed by atoms with Crippen LogP contribution >= 0.6 is 24.4 Å². The Bertz CT molecular complexity index is 4150. The first-order chi connectivity index (χ1) is 61.1. The van der Waals surface area contributed by atoms with E-state index in [4.69, 9.17) is 28.7 Å². The maximum Gasteiger partial charge on any atom is 0.327 e. The summed E-state index contributed by atoms with van der Waals surface area (Å²) in [6.07, 6.45) is 0.201. The molecule has 1 heterocycles. The molecule has 29 N–H and O–H groups in total. The number of aliphatic carboxylic acids is 1. The van der Waals surface area contributed by atoms with E-state index < -0.39 is 253 Å². The van der Waals surface area contributed by atoms with E-state index in [1.54, 1.807) is 75.5 Å². The lowest BCUT2D eigenvalue weighted by atomic mass is 9.96. The third-order valence-corrected chi connectivity index (χ3v) is 22.6. The zero-order chi connectivity index (χ0) is 98.1. The number of aliphatic hydroxyl groups excluding tert-OH is 2. The second-order valence-corrected chi connectivity index (χ2v) is 35.2. The molecule has 130 heavy (non-hydrogen) atoms. The number of nitrogens with one attached hydrogen (secondary N) is 14. The van der Waals surface area contributed by atoms with Gasteiger partial charge in [0.2, 0.25) is 94.5 Å². The number of amides is 16. The summed E-state index contributed by atoms with van der Waals surface area (Å²) in [5, 5.41) is 87.8. The molecule has 43 nitrogen and oxygen atoms in total. The summed E-state index contributed by atoms with van der Waals surface area (Å²) in [5.41, 5.74) is 28.9. The van der Waals surface area contributed by atoms with E-state index in [9.17, 15) is 107 Å². The molecule has 0 aliphatic carbocycles. The number of rotatable bonds is 58. The fraction of sp³-hybridized carbons (Fsp3) is 0.647. The number of nitrogens with zero attached hydrogens (tertiary/aromatic N) is 2. The lowest BCUT2D eigenvalue weighted by Gasteiger charge is -2.33. The molecule has 0 spiro atoms. The summed E-state index contributed by atoms with van der Waals surface area (Å²) in [7, 11) is 0. The van der Waals surface area contributed by atoms with Gasteiger partial charge in [-0.15, -0.1) is 0 Å². The Balaban J connectivity index is 1.88. The van der Waals surface area contributed by atoms with Crippen LogP contribution in [-0.2, 0) is 94.3 Å². The van der Waals surface area contributed by atoms with E-state index in [0.717, 1.165) is 4.90 Å². The van der Waals surface area contributed by atoms with E-state index in [1.807, 2.05) is 0 Å². The number of aromatic hydroxyl groups is 2. The molecular formula is C85H139N21O22S2. The topological polar surface area (TPSA) is 705 Å². The van der Waals surface area contributed by atoms with Crippen molar-refractivity contribution in [2.45, 2.75) is 276 Å². The van der Waals surface area contributed by atoms with Crippen LogP contribution in [0.3, 0.4) is 0 Å². The maximum absolute atomic E-state index is 14.7. The molecule has 1 fully saturated rings. The Hall–Kier alpha value is -11.2. The van der Waals surface area contributed by atoms with Gasteiger partial charge in [0.05, 0.1) is 18.8 Å². The highest BCUT2D eigenvalue weighted by molar-refractivity contribution is 7.98. The van der Waals surface area contributed by atoms with Crippen LogP contribution in [0, 0.1) is 29.6 Å². The second kappa shape index (κ2) is 57.1. The van der Waals surface area contributed by atoms with Crippen LogP contribution in [-0.4, -0.2) is 284 Å². The van der Waals surface area contributed by atoms with Crippen molar-refractivity contribution in [3.63, 3.8) is 0 Å². The smallest absolute Gasteiger partial charge is 0.327 e. The third-order valence-electron chi connectivity index (χ3n) is 21.6. The number of nitrogens with two attached hydrogens (primary N) is 5. The van der Waals surface area contributed by atoms with Gasteiger partial charge >= 0.3 is 5.97 Å². The normalized spacial score (nSPS) is 16.4. The van der Waals surface area contributed by atoms with Crippen LogP contribution in [0.4, 0.5) is 0 Å². The van der Waals surface area contributed by atoms with Crippen LogP contribution in [0.15, 0.2) is 53.5 Å². The molecule has 45 heteroatoms. The van der Waals surface area contributed by atoms with Gasteiger partial charge < -0.3 is 134 Å². The number of unbranched alkanes of at least 4 members (excludes halogenated alkanes) is 1. The highest BCUT2D eigenvalue weighted by Gasteiger charge is 2.44. The summed E-state index contributed by atoms with van der Waals surface area (Å²) in [4.78, 5) is 243. The number of carbonyl (C=O) groups excluding carboxylic acids is 16. The van der Waals surface area contributed by atoms with Crippen molar-refractivity contribution in [3.05, 3.63) is 59.7 Å². The Kier molecular flexibility index (Phi) is 49.6. The monoisotopic (exact) mass is 1870 g/mol. The summed E-state index contributed by atoms with van der Waals surface area (Å²) < 4.78 is 0. The first-order valence-electron chi connectivity index (χ1n) is 43.7. The average molecular weight is 1870 g/mol. The first kappa shape index (κ1) is 113. The number of aliphatic hydroxyl groups is 2. The van der Waals surface area contributed by atoms with Crippen molar-refractivity contribution in [2.75, 3.05) is 44.0 Å². The Morgan fingerprint density at radius 1 is 0.492 bits per heavy atom. The molecule has 18 atom stereocenters. The average Bonchev–Trinajstić information content (AvgIpc) is 1.74. The van der Waals surface area contributed by atoms with Gasteiger partial charge in [-0.3, -0.25) is 81.7 Å². The molecule has 2 aromatic rings. The lowest BCUT2D eigenvalue weighted by molar-refractivity contribution is -0.145. The number of thiol groups is 1. The van der Waals surface area contributed by atoms with E-state index in [2.05, 4.69) is 92.1 Å². The lowest BCUT2D eigenvalue weighted by Crippen LogP contribution is -2.63. The van der Waals surface area contributed by atoms with Crippen molar-refractivity contribution >= 4 is 131 Å². The molecule has 0 aromatic heterocycles. The summed E-state index contributed by atoms with van der Waals surface area (Å²) in [5.74, 6) is -19.2. The minimum atomic E-state index is -1.88. The highest BCUT2D eigenvalue weighted by Crippen LogP contribution is 2.23. The van der Waals surface area contributed by atoms with Gasteiger partial charge in [-0.2, -0.15) is 24.4 Å². The molecule has 2 aromatic carbocycles. The largest absolute Gasteiger partial charge is 0.508 e. The SMILES string of the molecule is CC[C@H](C)[C@H](NC(=O)[C@@H](N)CCCN=C(N)N)C(=O)N[C@@H](Cc1ccc(O)cc1)C(=O)N[C@@H](CO)C(=O)N[C@@H](Cc1ccc(O)cc1)C(=O)N[C@@H](CCC(N)=O)C(=O)N[C@@H](CCSC)C(=O)N[C@@H](C)C(=O)N[C@@H](CC(C)C)C(=O)N[C@H](C(=O)N1CCC[C@H]1C(=O)N[C@H](C(=O)N[C@H](C(=O)N[C@H](C(=O)N[C@@H](CCCCN)C(=O)N[C@@H](CS)C(=O)O)C(C)C)C(C)C)C(C)C)[C@@H](C)O. The van der Waals surface area contributed by atoms with Crippen molar-refractivity contribution in [2.24, 2.45) is 63.3 Å². The highest BCUT2D eigenvalue weighted by atomic mass is 32.2. The van der Waals surface area contributed by atoms with Gasteiger partial charge in [0.25, 0.3) is 0 Å². The van der Waals surface area contributed by atoms with Crippen molar-refractivity contribution < 1.29 is 107 Å². The van der Waals surface area contributed by atoms with Crippen molar-refractivity contribution in [3.8, 4) is 11.5 Å². The predicted molar refractivity (Wildman–Crippen MR) is 487 cm³/mol. The minimum Gasteiger partial charge on any atom is -0.508 e. The molecule has 0 bridgehead atoms. The second-order valence-electron chi connectivity index (χ2n) is 33.9. The third kappa shape index (κ3) is 38.5. The maximum atomic E-state index is 14.7. The van der Waals surface area contributed by atoms with E-state index in [1.165, 1.54) is 74.1 Å². The molecule has 16 amide bonds. The fourth-order valence-electron chi connectivity index (χ4n) is 13.7. The number of hydrogen-bond donors (Lipinski definition) is 25. The number of phenolic OH excluding ortho intramolecular Hbond substituents is 2. The van der Waals surface area contributed by atoms with Crippen LogP contribution < -0.4 is 103 Å². The number of benzene rings is 2. The minimum absolute atomic E-state index is 0.0505. The van der Waals surface area contributed by atoms with Crippen molar-refractivity contribution in [1.29, 1.82) is 0 Å². The molecule has 0 saturated carbocycles. The van der Waals surface area contributed by atoms with Gasteiger partial charge in [0.1, 0.15) is 102 Å². The van der Waals surface area contributed by atoms with E-state index in [0.29, 0.717) is 36.8 Å². The molecule has 1 aliphatic rings. The van der Waals surface area contributed by atoms with Crippen LogP contribution in [0.2, 0.25) is 0 Å².